The second-order valence-electron chi connectivity index (χ2n) is 3.73. The summed E-state index contributed by atoms with van der Waals surface area (Å²) in [6.45, 7) is 1.93. The molecule has 2 N–H and O–H groups in total. The third-order valence-corrected chi connectivity index (χ3v) is 2.31. The number of nitrogens with zero attached hydrogens (tertiary/aromatic N) is 3. The molecular weight excluding hydrogens is 230 g/mol. The summed E-state index contributed by atoms with van der Waals surface area (Å²) in [6, 6.07) is 6.90. The van der Waals surface area contributed by atoms with E-state index in [1.165, 1.54) is 0 Å². The molecule has 0 aliphatic heterocycles. The standard InChI is InChI=1S/C12H13N5O/c1-8-3-5-11(14-7-8)15-12(18)9-4-6-10(13-2)17-16-9/h3-7H,1-2H3,(H,13,17)(H,14,15,18). The van der Waals surface area contributed by atoms with Gasteiger partial charge in [-0.3, -0.25) is 4.79 Å². The molecule has 0 atom stereocenters. The maximum absolute atomic E-state index is 11.8. The first kappa shape index (κ1) is 12.0. The van der Waals surface area contributed by atoms with Crippen molar-refractivity contribution < 1.29 is 4.79 Å². The summed E-state index contributed by atoms with van der Waals surface area (Å²) in [7, 11) is 1.74. The third kappa shape index (κ3) is 2.79. The van der Waals surface area contributed by atoms with Gasteiger partial charge in [0.1, 0.15) is 11.6 Å². The fourth-order valence-corrected chi connectivity index (χ4v) is 1.31. The molecule has 1 amide bonds. The van der Waals surface area contributed by atoms with Crippen LogP contribution in [0.15, 0.2) is 30.5 Å². The summed E-state index contributed by atoms with van der Waals surface area (Å²) in [5.41, 5.74) is 1.28. The number of nitrogens with one attached hydrogen (secondary N) is 2. The van der Waals surface area contributed by atoms with E-state index in [4.69, 9.17) is 0 Å². The largest absolute Gasteiger partial charge is 0.372 e. The highest BCUT2D eigenvalue weighted by Gasteiger charge is 2.08. The number of anilines is 2. The van der Waals surface area contributed by atoms with Crippen LogP contribution in [-0.2, 0) is 0 Å². The maximum Gasteiger partial charge on any atom is 0.277 e. The van der Waals surface area contributed by atoms with Crippen LogP contribution < -0.4 is 10.6 Å². The number of aryl methyl sites for hydroxylation is 1. The molecule has 0 saturated carbocycles. The number of aromatic nitrogens is 3. The van der Waals surface area contributed by atoms with Gasteiger partial charge in [-0.15, -0.1) is 10.2 Å². The summed E-state index contributed by atoms with van der Waals surface area (Å²) < 4.78 is 0. The highest BCUT2D eigenvalue weighted by molar-refractivity contribution is 6.02. The molecular formula is C12H13N5O. The molecule has 2 aromatic rings. The van der Waals surface area contributed by atoms with Gasteiger partial charge in [-0.05, 0) is 30.7 Å². The molecule has 0 radical (unpaired) electrons. The monoisotopic (exact) mass is 243 g/mol. The van der Waals surface area contributed by atoms with Crippen molar-refractivity contribution in [3.63, 3.8) is 0 Å². The lowest BCUT2D eigenvalue weighted by Crippen LogP contribution is -2.15. The highest BCUT2D eigenvalue weighted by Crippen LogP contribution is 2.06. The molecule has 0 aliphatic rings. The second kappa shape index (κ2) is 5.22. The van der Waals surface area contributed by atoms with Gasteiger partial charge in [0.2, 0.25) is 0 Å². The number of rotatable bonds is 3. The van der Waals surface area contributed by atoms with Crippen molar-refractivity contribution in [1.29, 1.82) is 0 Å². The van der Waals surface area contributed by atoms with Crippen LogP contribution in [0.5, 0.6) is 0 Å². The summed E-state index contributed by atoms with van der Waals surface area (Å²) in [5, 5.41) is 13.1. The molecule has 92 valence electrons. The van der Waals surface area contributed by atoms with Gasteiger partial charge >= 0.3 is 0 Å². The number of carbonyl (C=O) groups is 1. The van der Waals surface area contributed by atoms with Crippen molar-refractivity contribution in [2.45, 2.75) is 6.92 Å². The molecule has 0 saturated heterocycles. The highest BCUT2D eigenvalue weighted by atomic mass is 16.2. The Morgan fingerprint density at radius 3 is 2.44 bits per heavy atom. The van der Waals surface area contributed by atoms with Gasteiger partial charge < -0.3 is 10.6 Å². The van der Waals surface area contributed by atoms with Gasteiger partial charge in [-0.1, -0.05) is 6.07 Å². The number of carbonyl (C=O) groups excluding carboxylic acids is 1. The van der Waals surface area contributed by atoms with E-state index in [1.807, 2.05) is 13.0 Å². The van der Waals surface area contributed by atoms with E-state index in [9.17, 15) is 4.79 Å². The Kier molecular flexibility index (Phi) is 3.47. The fourth-order valence-electron chi connectivity index (χ4n) is 1.31. The lowest BCUT2D eigenvalue weighted by atomic mass is 10.3. The topological polar surface area (TPSA) is 79.8 Å². The molecule has 0 spiro atoms. The first-order chi connectivity index (χ1) is 8.69. The molecule has 0 aromatic carbocycles. The number of hydrogen-bond acceptors (Lipinski definition) is 5. The molecule has 2 aromatic heterocycles. The van der Waals surface area contributed by atoms with Gasteiger partial charge in [0, 0.05) is 13.2 Å². The van der Waals surface area contributed by atoms with E-state index in [-0.39, 0.29) is 11.6 Å². The normalized spacial score (nSPS) is 9.89. The summed E-state index contributed by atoms with van der Waals surface area (Å²) in [6.07, 6.45) is 1.69. The Hall–Kier alpha value is -2.50. The van der Waals surface area contributed by atoms with Crippen LogP contribution in [-0.4, -0.2) is 28.1 Å². The Morgan fingerprint density at radius 2 is 1.89 bits per heavy atom. The fraction of sp³-hybridized carbons (Fsp3) is 0.167. The zero-order valence-electron chi connectivity index (χ0n) is 10.1. The van der Waals surface area contributed by atoms with Gasteiger partial charge in [-0.2, -0.15) is 0 Å². The molecule has 18 heavy (non-hydrogen) atoms. The number of pyridine rings is 1. The van der Waals surface area contributed by atoms with Gasteiger partial charge in [0.25, 0.3) is 5.91 Å². The van der Waals surface area contributed by atoms with Crippen molar-refractivity contribution in [1.82, 2.24) is 15.2 Å². The summed E-state index contributed by atoms with van der Waals surface area (Å²) >= 11 is 0. The Balaban J connectivity index is 2.09. The van der Waals surface area contributed by atoms with E-state index < -0.39 is 0 Å². The molecule has 0 unspecified atom stereocenters. The average Bonchev–Trinajstić information content (AvgIpc) is 2.41. The maximum atomic E-state index is 11.8. The van der Waals surface area contributed by atoms with E-state index in [0.717, 1.165) is 5.56 Å². The number of amides is 1. The first-order valence-electron chi connectivity index (χ1n) is 5.44. The van der Waals surface area contributed by atoms with Crippen molar-refractivity contribution in [3.8, 4) is 0 Å². The van der Waals surface area contributed by atoms with Crippen LogP contribution in [0.2, 0.25) is 0 Å². The predicted molar refractivity (Wildman–Crippen MR) is 68.5 cm³/mol. The zero-order chi connectivity index (χ0) is 13.0. The smallest absolute Gasteiger partial charge is 0.277 e. The predicted octanol–water partition coefficient (Wildman–Crippen LogP) is 1.47. The minimum Gasteiger partial charge on any atom is -0.372 e. The van der Waals surface area contributed by atoms with E-state index >= 15 is 0 Å². The summed E-state index contributed by atoms with van der Waals surface area (Å²) in [5.74, 6) is 0.770. The SMILES string of the molecule is CNc1ccc(C(=O)Nc2ccc(C)cn2)nn1. The van der Waals surface area contributed by atoms with Crippen molar-refractivity contribution in [3.05, 3.63) is 41.7 Å². The lowest BCUT2D eigenvalue weighted by molar-refractivity contribution is 0.102. The van der Waals surface area contributed by atoms with Crippen LogP contribution in [0.4, 0.5) is 11.6 Å². The zero-order valence-corrected chi connectivity index (χ0v) is 10.1. The van der Waals surface area contributed by atoms with E-state index in [1.54, 1.807) is 31.4 Å². The molecule has 2 heterocycles. The Labute approximate surface area is 104 Å². The van der Waals surface area contributed by atoms with E-state index in [0.29, 0.717) is 11.6 Å². The second-order valence-corrected chi connectivity index (χ2v) is 3.73. The molecule has 2 rings (SSSR count). The van der Waals surface area contributed by atoms with Crippen LogP contribution in [0.1, 0.15) is 16.1 Å². The quantitative estimate of drug-likeness (QED) is 0.853. The van der Waals surface area contributed by atoms with Gasteiger partial charge in [-0.25, -0.2) is 4.98 Å². The Morgan fingerprint density at radius 1 is 1.11 bits per heavy atom. The average molecular weight is 243 g/mol. The van der Waals surface area contributed by atoms with Crippen LogP contribution in [0.3, 0.4) is 0 Å². The molecule has 0 bridgehead atoms. The van der Waals surface area contributed by atoms with Crippen LogP contribution >= 0.6 is 0 Å². The van der Waals surface area contributed by atoms with Gasteiger partial charge in [0.05, 0.1) is 0 Å². The molecule has 6 nitrogen and oxygen atoms in total. The van der Waals surface area contributed by atoms with Crippen LogP contribution in [0, 0.1) is 6.92 Å². The lowest BCUT2D eigenvalue weighted by Gasteiger charge is -2.04. The minimum absolute atomic E-state index is 0.247. The van der Waals surface area contributed by atoms with Crippen molar-refractivity contribution >= 4 is 17.5 Å². The first-order valence-corrected chi connectivity index (χ1v) is 5.44. The van der Waals surface area contributed by atoms with Crippen molar-refractivity contribution in [2.24, 2.45) is 0 Å². The molecule has 0 aliphatic carbocycles. The third-order valence-electron chi connectivity index (χ3n) is 2.31. The van der Waals surface area contributed by atoms with E-state index in [2.05, 4.69) is 25.8 Å². The molecule has 0 fully saturated rings. The van der Waals surface area contributed by atoms with Crippen molar-refractivity contribution in [2.75, 3.05) is 17.7 Å². The Bertz CT molecular complexity index is 535. The number of hydrogen-bond donors (Lipinski definition) is 2. The minimum atomic E-state index is -0.332. The van der Waals surface area contributed by atoms with Gasteiger partial charge in [0.15, 0.2) is 5.69 Å². The summed E-state index contributed by atoms with van der Waals surface area (Å²) in [4.78, 5) is 15.9. The molecule has 6 heteroatoms. The van der Waals surface area contributed by atoms with Crippen LogP contribution in [0.25, 0.3) is 0 Å².